The summed E-state index contributed by atoms with van der Waals surface area (Å²) in [6.45, 7) is 1.28. The molecule has 1 aliphatic rings. The number of hydrogen-bond donors (Lipinski definition) is 1. The van der Waals surface area contributed by atoms with Crippen LogP contribution >= 0.6 is 23.1 Å². The highest BCUT2D eigenvalue weighted by Gasteiger charge is 2.21. The van der Waals surface area contributed by atoms with Gasteiger partial charge in [-0.15, -0.1) is 23.1 Å². The number of thiazole rings is 1. The lowest BCUT2D eigenvalue weighted by atomic mass is 10.1. The van der Waals surface area contributed by atoms with Gasteiger partial charge in [0.05, 0.1) is 23.1 Å². The molecular formula is C11H16N2O2S2. The van der Waals surface area contributed by atoms with Crippen molar-refractivity contribution in [3.63, 3.8) is 0 Å². The van der Waals surface area contributed by atoms with E-state index in [-0.39, 0.29) is 12.0 Å². The molecule has 1 atom stereocenters. The Bertz CT molecular complexity index is 356. The van der Waals surface area contributed by atoms with Crippen LogP contribution in [-0.2, 0) is 10.5 Å². The number of aliphatic hydroxyl groups excluding tert-OH is 1. The predicted octanol–water partition coefficient (Wildman–Crippen LogP) is 1.36. The average Bonchev–Trinajstić information content (AvgIpc) is 2.82. The molecule has 1 aliphatic heterocycles. The Hall–Kier alpha value is -0.590. The Kier molecular flexibility index (Phi) is 4.82. The summed E-state index contributed by atoms with van der Waals surface area (Å²) in [5, 5.41) is 11.5. The van der Waals surface area contributed by atoms with Gasteiger partial charge < -0.3 is 10.0 Å². The maximum Gasteiger partial charge on any atom is 0.232 e. The van der Waals surface area contributed by atoms with Gasteiger partial charge in [-0.3, -0.25) is 4.79 Å². The molecule has 0 aromatic carbocycles. The number of likely N-dealkylation sites (tertiary alicyclic amines) is 1. The summed E-state index contributed by atoms with van der Waals surface area (Å²) >= 11 is 3.16. The molecule has 1 amide bonds. The Balaban J connectivity index is 1.70. The quantitative estimate of drug-likeness (QED) is 0.899. The zero-order valence-corrected chi connectivity index (χ0v) is 11.2. The molecule has 0 spiro atoms. The number of carbonyl (C=O) groups is 1. The van der Waals surface area contributed by atoms with E-state index >= 15 is 0 Å². The van der Waals surface area contributed by atoms with Crippen LogP contribution in [-0.4, -0.2) is 45.8 Å². The lowest BCUT2D eigenvalue weighted by Crippen LogP contribution is -2.43. The number of aromatic nitrogens is 1. The Labute approximate surface area is 109 Å². The van der Waals surface area contributed by atoms with Crippen molar-refractivity contribution >= 4 is 29.0 Å². The highest BCUT2D eigenvalue weighted by Crippen LogP contribution is 2.15. The van der Waals surface area contributed by atoms with Gasteiger partial charge in [-0.25, -0.2) is 4.98 Å². The van der Waals surface area contributed by atoms with Crippen molar-refractivity contribution in [2.75, 3.05) is 18.8 Å². The monoisotopic (exact) mass is 272 g/mol. The number of amides is 1. The second kappa shape index (κ2) is 6.37. The molecule has 1 fully saturated rings. The summed E-state index contributed by atoms with van der Waals surface area (Å²) in [5.74, 6) is 1.39. The molecule has 17 heavy (non-hydrogen) atoms. The van der Waals surface area contributed by atoms with Crippen molar-refractivity contribution in [1.29, 1.82) is 0 Å². The number of β-amino-alcohol motifs (C(OH)–C–C–N with tert-alkyl or cyclic N) is 1. The van der Waals surface area contributed by atoms with E-state index in [4.69, 9.17) is 0 Å². The summed E-state index contributed by atoms with van der Waals surface area (Å²) in [6, 6.07) is 0. The number of carbonyl (C=O) groups excluding carboxylic acids is 1. The summed E-state index contributed by atoms with van der Waals surface area (Å²) in [5.41, 5.74) is 2.84. The van der Waals surface area contributed by atoms with Crippen molar-refractivity contribution in [2.45, 2.75) is 24.7 Å². The highest BCUT2D eigenvalue weighted by molar-refractivity contribution is 7.99. The second-order valence-corrected chi connectivity index (χ2v) is 5.81. The van der Waals surface area contributed by atoms with Crippen LogP contribution in [0.1, 0.15) is 18.5 Å². The number of hydrogen-bond acceptors (Lipinski definition) is 5. The van der Waals surface area contributed by atoms with Crippen LogP contribution in [0.3, 0.4) is 0 Å². The van der Waals surface area contributed by atoms with Crippen molar-refractivity contribution in [1.82, 2.24) is 9.88 Å². The molecule has 1 aromatic rings. The van der Waals surface area contributed by atoms with Crippen LogP contribution < -0.4 is 0 Å². The largest absolute Gasteiger partial charge is 0.391 e. The van der Waals surface area contributed by atoms with Gasteiger partial charge in [0.1, 0.15) is 0 Å². The van der Waals surface area contributed by atoms with Crippen LogP contribution in [0.4, 0.5) is 0 Å². The van der Waals surface area contributed by atoms with Gasteiger partial charge in [-0.2, -0.15) is 0 Å². The van der Waals surface area contributed by atoms with Crippen molar-refractivity contribution in [3.05, 3.63) is 16.6 Å². The topological polar surface area (TPSA) is 53.4 Å². The number of rotatable bonds is 4. The van der Waals surface area contributed by atoms with Crippen LogP contribution in [0.15, 0.2) is 10.9 Å². The first kappa shape index (κ1) is 12.9. The van der Waals surface area contributed by atoms with E-state index in [0.717, 1.165) is 30.8 Å². The van der Waals surface area contributed by atoms with E-state index in [9.17, 15) is 9.90 Å². The van der Waals surface area contributed by atoms with Gasteiger partial charge in [-0.05, 0) is 12.8 Å². The molecule has 6 heteroatoms. The lowest BCUT2D eigenvalue weighted by molar-refractivity contribution is -0.131. The number of piperidine rings is 1. The normalized spacial score (nSPS) is 20.5. The smallest absolute Gasteiger partial charge is 0.232 e. The first-order chi connectivity index (χ1) is 8.25. The molecule has 0 radical (unpaired) electrons. The molecule has 1 unspecified atom stereocenters. The zero-order valence-electron chi connectivity index (χ0n) is 9.54. The van der Waals surface area contributed by atoms with E-state index in [1.54, 1.807) is 33.5 Å². The molecule has 2 heterocycles. The Morgan fingerprint density at radius 1 is 1.71 bits per heavy atom. The molecule has 4 nitrogen and oxygen atoms in total. The van der Waals surface area contributed by atoms with Crippen LogP contribution in [0.2, 0.25) is 0 Å². The van der Waals surface area contributed by atoms with Gasteiger partial charge in [0.25, 0.3) is 0 Å². The van der Waals surface area contributed by atoms with E-state index in [1.807, 2.05) is 5.38 Å². The number of thioether (sulfide) groups is 1. The number of nitrogens with zero attached hydrogens (tertiary/aromatic N) is 2. The minimum Gasteiger partial charge on any atom is -0.391 e. The molecular weight excluding hydrogens is 256 g/mol. The molecule has 1 N–H and O–H groups in total. The van der Waals surface area contributed by atoms with Gasteiger partial charge in [0.15, 0.2) is 0 Å². The maximum absolute atomic E-state index is 11.8. The lowest BCUT2D eigenvalue weighted by Gasteiger charge is -2.30. The fourth-order valence-electron chi connectivity index (χ4n) is 1.82. The van der Waals surface area contributed by atoms with E-state index < -0.39 is 0 Å². The maximum atomic E-state index is 11.8. The van der Waals surface area contributed by atoms with Crippen LogP contribution in [0.25, 0.3) is 0 Å². The van der Waals surface area contributed by atoms with Gasteiger partial charge in [-0.1, -0.05) is 0 Å². The molecule has 0 aliphatic carbocycles. The molecule has 0 bridgehead atoms. The fraction of sp³-hybridized carbons (Fsp3) is 0.636. The molecule has 2 rings (SSSR count). The predicted molar refractivity (Wildman–Crippen MR) is 70.1 cm³/mol. The molecule has 1 aromatic heterocycles. The fourth-order valence-corrected chi connectivity index (χ4v) is 3.31. The Morgan fingerprint density at radius 3 is 3.29 bits per heavy atom. The first-order valence-electron chi connectivity index (χ1n) is 5.66. The van der Waals surface area contributed by atoms with E-state index in [1.165, 1.54) is 0 Å². The first-order valence-corrected chi connectivity index (χ1v) is 7.76. The third-order valence-electron chi connectivity index (χ3n) is 2.71. The highest BCUT2D eigenvalue weighted by atomic mass is 32.2. The average molecular weight is 272 g/mol. The molecule has 1 saturated heterocycles. The standard InChI is InChI=1S/C11H16N2O2S2/c14-10-2-1-3-13(4-10)11(15)7-16-5-9-6-17-8-12-9/h6,8,10,14H,1-5,7H2. The summed E-state index contributed by atoms with van der Waals surface area (Å²) < 4.78 is 0. The minimum atomic E-state index is -0.337. The van der Waals surface area contributed by atoms with Crippen molar-refractivity contribution < 1.29 is 9.90 Å². The Morgan fingerprint density at radius 2 is 2.59 bits per heavy atom. The second-order valence-electron chi connectivity index (χ2n) is 4.11. The molecule has 94 valence electrons. The zero-order chi connectivity index (χ0) is 12.1. The van der Waals surface area contributed by atoms with E-state index in [2.05, 4.69) is 4.98 Å². The summed E-state index contributed by atoms with van der Waals surface area (Å²) in [4.78, 5) is 17.8. The van der Waals surface area contributed by atoms with Crippen molar-refractivity contribution in [3.8, 4) is 0 Å². The van der Waals surface area contributed by atoms with Crippen molar-refractivity contribution in [2.24, 2.45) is 0 Å². The molecule has 0 saturated carbocycles. The minimum absolute atomic E-state index is 0.129. The van der Waals surface area contributed by atoms with Crippen LogP contribution in [0, 0.1) is 0 Å². The van der Waals surface area contributed by atoms with Gasteiger partial charge in [0, 0.05) is 24.2 Å². The third kappa shape index (κ3) is 3.97. The van der Waals surface area contributed by atoms with Crippen LogP contribution in [0.5, 0.6) is 0 Å². The number of aliphatic hydroxyl groups is 1. The third-order valence-corrected chi connectivity index (χ3v) is 4.29. The SMILES string of the molecule is O=C(CSCc1cscn1)N1CCCC(O)C1. The van der Waals surface area contributed by atoms with E-state index in [0.29, 0.717) is 12.3 Å². The summed E-state index contributed by atoms with van der Waals surface area (Å²) in [6.07, 6.45) is 1.38. The summed E-state index contributed by atoms with van der Waals surface area (Å²) in [7, 11) is 0. The van der Waals surface area contributed by atoms with Gasteiger partial charge in [0.2, 0.25) is 5.91 Å². The van der Waals surface area contributed by atoms with Gasteiger partial charge >= 0.3 is 0 Å².